The predicted molar refractivity (Wildman–Crippen MR) is 128 cm³/mol. The van der Waals surface area contributed by atoms with Crippen molar-refractivity contribution >= 4 is 23.0 Å². The molecule has 0 spiro atoms. The maximum atomic E-state index is 12.6. The molecule has 1 aromatic carbocycles. The summed E-state index contributed by atoms with van der Waals surface area (Å²) in [4.78, 5) is 37.1. The molecule has 3 aromatic rings. The first-order valence-electron chi connectivity index (χ1n) is 11.4. The Morgan fingerprint density at radius 1 is 1.32 bits per heavy atom. The summed E-state index contributed by atoms with van der Waals surface area (Å²) in [5, 5.41) is 18.8. The number of aromatic nitrogens is 4. The lowest BCUT2D eigenvalue weighted by atomic mass is 9.99. The van der Waals surface area contributed by atoms with E-state index in [9.17, 15) is 19.8 Å². The van der Waals surface area contributed by atoms with Crippen molar-refractivity contribution in [3.05, 3.63) is 45.9 Å². The number of nitrogens with zero attached hydrogens (tertiary/aromatic N) is 4. The molecule has 2 heterocycles. The number of rotatable bonds is 13. The third kappa shape index (κ3) is 6.12. The number of aliphatic carboxylic acids is 1. The second-order valence-corrected chi connectivity index (χ2v) is 8.18. The van der Waals surface area contributed by atoms with Crippen LogP contribution in [0.25, 0.3) is 11.2 Å². The Morgan fingerprint density at radius 3 is 2.82 bits per heavy atom. The summed E-state index contributed by atoms with van der Waals surface area (Å²) in [5.41, 5.74) is 8.01. The SMILES string of the molecule is CCCCOc1nc(N)c2[nH]c(=O)n(CCN(CCO)Cc3cccc(C(C)C(=O)O)c3)c2n1. The summed E-state index contributed by atoms with van der Waals surface area (Å²) >= 11 is 0. The molecular weight excluding hydrogens is 440 g/mol. The molecule has 0 aliphatic carbocycles. The van der Waals surface area contributed by atoms with Crippen molar-refractivity contribution in [1.82, 2.24) is 24.4 Å². The first-order chi connectivity index (χ1) is 16.3. The highest BCUT2D eigenvalue weighted by molar-refractivity contribution is 5.81. The zero-order valence-corrected chi connectivity index (χ0v) is 19.5. The number of anilines is 1. The van der Waals surface area contributed by atoms with Crippen molar-refractivity contribution < 1.29 is 19.7 Å². The molecule has 184 valence electrons. The number of nitrogens with one attached hydrogen (secondary N) is 1. The van der Waals surface area contributed by atoms with Gasteiger partial charge in [-0.15, -0.1) is 0 Å². The van der Waals surface area contributed by atoms with E-state index in [4.69, 9.17) is 10.5 Å². The highest BCUT2D eigenvalue weighted by atomic mass is 16.5. The second kappa shape index (κ2) is 11.6. The highest BCUT2D eigenvalue weighted by Gasteiger charge is 2.17. The van der Waals surface area contributed by atoms with Crippen molar-refractivity contribution in [2.45, 2.75) is 45.7 Å². The molecule has 11 nitrogen and oxygen atoms in total. The molecule has 0 radical (unpaired) electrons. The fourth-order valence-corrected chi connectivity index (χ4v) is 3.62. The van der Waals surface area contributed by atoms with Crippen LogP contribution in [-0.2, 0) is 17.9 Å². The number of unbranched alkanes of at least 4 members (excludes halogenated alkanes) is 1. The van der Waals surface area contributed by atoms with E-state index in [-0.39, 0.29) is 24.1 Å². The number of nitrogens with two attached hydrogens (primary N) is 1. The van der Waals surface area contributed by atoms with Crippen molar-refractivity contribution in [3.8, 4) is 6.01 Å². The molecule has 1 unspecified atom stereocenters. The first-order valence-corrected chi connectivity index (χ1v) is 11.4. The zero-order chi connectivity index (χ0) is 24.7. The number of nitrogen functional groups attached to an aromatic ring is 1. The van der Waals surface area contributed by atoms with E-state index in [1.165, 1.54) is 4.57 Å². The van der Waals surface area contributed by atoms with Crippen LogP contribution in [0.4, 0.5) is 5.82 Å². The Balaban J connectivity index is 1.78. The summed E-state index contributed by atoms with van der Waals surface area (Å²) in [5.74, 6) is -1.36. The molecular formula is C23H32N6O5. The van der Waals surface area contributed by atoms with E-state index in [0.29, 0.717) is 49.5 Å². The Morgan fingerprint density at radius 2 is 2.12 bits per heavy atom. The topological polar surface area (TPSA) is 160 Å². The van der Waals surface area contributed by atoms with Gasteiger partial charge in [0.2, 0.25) is 0 Å². The molecule has 0 aliphatic heterocycles. The van der Waals surface area contributed by atoms with E-state index < -0.39 is 11.9 Å². The number of ether oxygens (including phenoxy) is 1. The standard InChI is InChI=1S/C23H32N6O5/c1-3-4-12-34-22-26-19(24)18-20(27-22)29(23(33)25-18)9-8-28(10-11-30)14-16-6-5-7-17(13-16)15(2)21(31)32/h5-7,13,15,30H,3-4,8-12,14H2,1-2H3,(H,25,33)(H,31,32)(H2,24,26,27). The second-order valence-electron chi connectivity index (χ2n) is 8.18. The summed E-state index contributed by atoms with van der Waals surface area (Å²) in [6.45, 7) is 5.71. The molecule has 1 atom stereocenters. The third-order valence-corrected chi connectivity index (χ3v) is 5.64. The molecule has 0 saturated heterocycles. The number of hydrogen-bond donors (Lipinski definition) is 4. The number of carbonyl (C=O) groups is 1. The minimum absolute atomic E-state index is 0.0570. The smallest absolute Gasteiger partial charge is 0.327 e. The van der Waals surface area contributed by atoms with Crippen LogP contribution < -0.4 is 16.2 Å². The Bertz CT molecular complexity index is 1170. The van der Waals surface area contributed by atoms with Gasteiger partial charge in [-0.3, -0.25) is 14.3 Å². The lowest BCUT2D eigenvalue weighted by Crippen LogP contribution is -2.32. The van der Waals surface area contributed by atoms with Gasteiger partial charge >= 0.3 is 17.7 Å². The maximum Gasteiger partial charge on any atom is 0.327 e. The number of hydrogen-bond acceptors (Lipinski definition) is 8. The fourth-order valence-electron chi connectivity index (χ4n) is 3.62. The fraction of sp³-hybridized carbons (Fsp3) is 0.478. The summed E-state index contributed by atoms with van der Waals surface area (Å²) in [7, 11) is 0. The van der Waals surface area contributed by atoms with Crippen LogP contribution >= 0.6 is 0 Å². The molecule has 34 heavy (non-hydrogen) atoms. The average molecular weight is 473 g/mol. The van der Waals surface area contributed by atoms with E-state index in [1.54, 1.807) is 13.0 Å². The van der Waals surface area contributed by atoms with Crippen LogP contribution in [0.5, 0.6) is 6.01 Å². The molecule has 0 aliphatic rings. The van der Waals surface area contributed by atoms with Crippen LogP contribution in [0.2, 0.25) is 0 Å². The van der Waals surface area contributed by atoms with E-state index in [1.807, 2.05) is 30.0 Å². The number of aromatic amines is 1. The van der Waals surface area contributed by atoms with Gasteiger partial charge in [0, 0.05) is 26.2 Å². The van der Waals surface area contributed by atoms with E-state index >= 15 is 0 Å². The predicted octanol–water partition coefficient (Wildman–Crippen LogP) is 1.56. The van der Waals surface area contributed by atoms with Crippen LogP contribution in [0.3, 0.4) is 0 Å². The summed E-state index contributed by atoms with van der Waals surface area (Å²) in [6.07, 6.45) is 1.81. The average Bonchev–Trinajstić information content (AvgIpc) is 3.13. The Hall–Kier alpha value is -3.44. The van der Waals surface area contributed by atoms with Gasteiger partial charge in [-0.1, -0.05) is 37.6 Å². The summed E-state index contributed by atoms with van der Waals surface area (Å²) in [6, 6.07) is 7.51. The quantitative estimate of drug-likeness (QED) is 0.271. The first kappa shape index (κ1) is 25.2. The van der Waals surface area contributed by atoms with Crippen LogP contribution in [0.15, 0.2) is 29.1 Å². The van der Waals surface area contributed by atoms with Crippen LogP contribution in [-0.4, -0.2) is 66.9 Å². The minimum Gasteiger partial charge on any atom is -0.481 e. The molecule has 0 fully saturated rings. The molecule has 0 bridgehead atoms. The number of benzene rings is 1. The van der Waals surface area contributed by atoms with Gasteiger partial charge in [0.1, 0.15) is 5.52 Å². The number of aliphatic hydroxyl groups excluding tert-OH is 1. The maximum absolute atomic E-state index is 12.6. The Labute approximate surface area is 197 Å². The summed E-state index contributed by atoms with van der Waals surface area (Å²) < 4.78 is 7.05. The van der Waals surface area contributed by atoms with Gasteiger partial charge in [-0.25, -0.2) is 4.79 Å². The van der Waals surface area contributed by atoms with Crippen molar-refractivity contribution in [2.75, 3.05) is 32.0 Å². The number of carboxylic acid groups (broad SMARTS) is 1. The van der Waals surface area contributed by atoms with Crippen molar-refractivity contribution in [3.63, 3.8) is 0 Å². The highest BCUT2D eigenvalue weighted by Crippen LogP contribution is 2.19. The van der Waals surface area contributed by atoms with Crippen molar-refractivity contribution in [1.29, 1.82) is 0 Å². The number of aliphatic hydroxyl groups is 1. The van der Waals surface area contributed by atoms with Crippen LogP contribution in [0.1, 0.15) is 43.7 Å². The number of imidazole rings is 1. The van der Waals surface area contributed by atoms with Crippen molar-refractivity contribution in [2.24, 2.45) is 0 Å². The minimum atomic E-state index is -0.887. The van der Waals surface area contributed by atoms with Gasteiger partial charge in [0.15, 0.2) is 11.5 Å². The number of carboxylic acids is 1. The zero-order valence-electron chi connectivity index (χ0n) is 19.5. The monoisotopic (exact) mass is 472 g/mol. The number of fused-ring (bicyclic) bond motifs is 1. The largest absolute Gasteiger partial charge is 0.481 e. The molecule has 5 N–H and O–H groups in total. The third-order valence-electron chi connectivity index (χ3n) is 5.64. The molecule has 0 amide bonds. The van der Waals surface area contributed by atoms with E-state index in [2.05, 4.69) is 15.0 Å². The lowest BCUT2D eigenvalue weighted by molar-refractivity contribution is -0.138. The van der Waals surface area contributed by atoms with Gasteiger partial charge in [0.05, 0.1) is 19.1 Å². The van der Waals surface area contributed by atoms with E-state index in [0.717, 1.165) is 18.4 Å². The van der Waals surface area contributed by atoms with Gasteiger partial charge in [0.25, 0.3) is 0 Å². The van der Waals surface area contributed by atoms with Gasteiger partial charge < -0.3 is 25.7 Å². The Kier molecular flexibility index (Phi) is 8.61. The lowest BCUT2D eigenvalue weighted by Gasteiger charge is -2.22. The molecule has 3 rings (SSSR count). The molecule has 2 aromatic heterocycles. The van der Waals surface area contributed by atoms with Gasteiger partial charge in [-0.2, -0.15) is 9.97 Å². The normalized spacial score (nSPS) is 12.4. The number of H-pyrrole nitrogens is 1. The molecule has 11 heteroatoms. The van der Waals surface area contributed by atoms with Crippen LogP contribution in [0, 0.1) is 0 Å². The van der Waals surface area contributed by atoms with Gasteiger partial charge in [-0.05, 0) is 24.5 Å². The molecule has 0 saturated carbocycles.